The summed E-state index contributed by atoms with van der Waals surface area (Å²) in [4.78, 5) is 17.5. The van der Waals surface area contributed by atoms with Crippen molar-refractivity contribution in [1.29, 1.82) is 0 Å². The number of hydrogen-bond acceptors (Lipinski definition) is 3. The number of amides is 1. The first-order valence-electron chi connectivity index (χ1n) is 9.70. The first-order valence-corrected chi connectivity index (χ1v) is 10.5. The van der Waals surface area contributed by atoms with Gasteiger partial charge in [0.2, 0.25) is 5.82 Å². The van der Waals surface area contributed by atoms with Gasteiger partial charge in [0.25, 0.3) is 5.91 Å². The fourth-order valence-electron chi connectivity index (χ4n) is 3.14. The molecule has 0 atom stereocenters. The van der Waals surface area contributed by atoms with Gasteiger partial charge in [-0.1, -0.05) is 65.2 Å². The van der Waals surface area contributed by atoms with Gasteiger partial charge in [0.05, 0.1) is 15.7 Å². The fraction of sp³-hybridized carbons (Fsp3) is 0.125. The third-order valence-corrected chi connectivity index (χ3v) is 5.65. The van der Waals surface area contributed by atoms with Crippen molar-refractivity contribution in [2.24, 2.45) is 0 Å². The van der Waals surface area contributed by atoms with Crippen molar-refractivity contribution in [2.45, 2.75) is 20.8 Å². The van der Waals surface area contributed by atoms with Gasteiger partial charge in [-0.15, -0.1) is 5.10 Å². The van der Waals surface area contributed by atoms with Crippen LogP contribution in [0, 0.1) is 20.8 Å². The summed E-state index contributed by atoms with van der Waals surface area (Å²) in [5.41, 5.74) is 5.35. The summed E-state index contributed by atoms with van der Waals surface area (Å²) in [5.74, 6) is 0.202. The molecular weight excluding hydrogens is 431 g/mol. The lowest BCUT2D eigenvalue weighted by molar-refractivity contribution is 0.101. The van der Waals surface area contributed by atoms with E-state index in [2.05, 4.69) is 15.4 Å². The van der Waals surface area contributed by atoms with Gasteiger partial charge in [0.15, 0.2) is 5.82 Å². The largest absolute Gasteiger partial charge is 0.319 e. The van der Waals surface area contributed by atoms with Crippen molar-refractivity contribution < 1.29 is 4.79 Å². The number of nitrogens with zero attached hydrogens (tertiary/aromatic N) is 3. The Morgan fingerprint density at radius 2 is 1.58 bits per heavy atom. The molecule has 0 unspecified atom stereocenters. The second kappa shape index (κ2) is 8.53. The molecule has 1 heterocycles. The van der Waals surface area contributed by atoms with Crippen LogP contribution in [0.5, 0.6) is 0 Å². The average Bonchev–Trinajstić information content (AvgIpc) is 3.19. The highest BCUT2D eigenvalue weighted by atomic mass is 35.5. The summed E-state index contributed by atoms with van der Waals surface area (Å²) in [5, 5.41) is 8.24. The SMILES string of the molecule is Cc1ccc(-c2nc(C(=O)Nc3cc(C)ccc3C)nn2-c2ccc(Cl)c(Cl)c2)cc1. The van der Waals surface area contributed by atoms with Gasteiger partial charge in [-0.3, -0.25) is 4.79 Å². The number of anilines is 1. The Morgan fingerprint density at radius 3 is 2.29 bits per heavy atom. The molecule has 4 rings (SSSR count). The van der Waals surface area contributed by atoms with Gasteiger partial charge < -0.3 is 5.32 Å². The molecular formula is C24H20Cl2N4O. The first-order chi connectivity index (χ1) is 14.8. The lowest BCUT2D eigenvalue weighted by Crippen LogP contribution is -2.15. The number of halogens is 2. The Balaban J connectivity index is 1.78. The molecule has 3 aromatic carbocycles. The smallest absolute Gasteiger partial charge is 0.295 e. The van der Waals surface area contributed by atoms with Crippen molar-refractivity contribution in [1.82, 2.24) is 14.8 Å². The number of benzene rings is 3. The lowest BCUT2D eigenvalue weighted by Gasteiger charge is -2.08. The van der Waals surface area contributed by atoms with Crippen LogP contribution in [0.15, 0.2) is 60.7 Å². The summed E-state index contributed by atoms with van der Waals surface area (Å²) in [6.45, 7) is 5.92. The van der Waals surface area contributed by atoms with Crippen LogP contribution in [-0.2, 0) is 0 Å². The molecule has 0 bridgehead atoms. The molecule has 0 radical (unpaired) electrons. The molecule has 0 fully saturated rings. The van der Waals surface area contributed by atoms with E-state index < -0.39 is 0 Å². The molecule has 5 nitrogen and oxygen atoms in total. The van der Waals surface area contributed by atoms with E-state index in [-0.39, 0.29) is 11.7 Å². The van der Waals surface area contributed by atoms with Crippen LogP contribution in [0.3, 0.4) is 0 Å². The average molecular weight is 451 g/mol. The van der Waals surface area contributed by atoms with E-state index in [1.807, 2.05) is 63.2 Å². The van der Waals surface area contributed by atoms with Crippen LogP contribution in [-0.4, -0.2) is 20.7 Å². The van der Waals surface area contributed by atoms with Crippen LogP contribution >= 0.6 is 23.2 Å². The Bertz CT molecular complexity index is 1280. The van der Waals surface area contributed by atoms with Crippen LogP contribution in [0.25, 0.3) is 17.1 Å². The summed E-state index contributed by atoms with van der Waals surface area (Å²) in [7, 11) is 0. The number of rotatable bonds is 4. The van der Waals surface area contributed by atoms with Crippen molar-refractivity contribution in [3.05, 3.63) is 93.2 Å². The predicted octanol–water partition coefficient (Wildman–Crippen LogP) is 6.42. The quantitative estimate of drug-likeness (QED) is 0.390. The summed E-state index contributed by atoms with van der Waals surface area (Å²) >= 11 is 12.3. The van der Waals surface area contributed by atoms with Gasteiger partial charge in [-0.05, 0) is 56.2 Å². The molecule has 0 saturated carbocycles. The second-order valence-corrected chi connectivity index (χ2v) is 8.22. The maximum atomic E-state index is 13.0. The number of carbonyl (C=O) groups excluding carboxylic acids is 1. The summed E-state index contributed by atoms with van der Waals surface area (Å²) < 4.78 is 1.60. The molecule has 7 heteroatoms. The number of hydrogen-bond donors (Lipinski definition) is 1. The Hall–Kier alpha value is -3.15. The van der Waals surface area contributed by atoms with E-state index in [9.17, 15) is 4.79 Å². The molecule has 1 N–H and O–H groups in total. The molecule has 31 heavy (non-hydrogen) atoms. The maximum absolute atomic E-state index is 13.0. The molecule has 1 amide bonds. The third-order valence-electron chi connectivity index (χ3n) is 4.91. The topological polar surface area (TPSA) is 59.8 Å². The maximum Gasteiger partial charge on any atom is 0.295 e. The minimum absolute atomic E-state index is 0.0579. The number of carbonyl (C=O) groups is 1. The van der Waals surface area contributed by atoms with Crippen LogP contribution in [0.2, 0.25) is 10.0 Å². The van der Waals surface area contributed by atoms with Crippen LogP contribution < -0.4 is 5.32 Å². The Labute approximate surface area is 190 Å². The van der Waals surface area contributed by atoms with Crippen molar-refractivity contribution in [3.63, 3.8) is 0 Å². The Kier molecular flexibility index (Phi) is 5.81. The molecule has 0 spiro atoms. The van der Waals surface area contributed by atoms with Crippen molar-refractivity contribution in [3.8, 4) is 17.1 Å². The summed E-state index contributed by atoms with van der Waals surface area (Å²) in [6, 6.07) is 18.9. The third kappa shape index (κ3) is 4.48. The second-order valence-electron chi connectivity index (χ2n) is 7.41. The fourth-order valence-corrected chi connectivity index (χ4v) is 3.44. The van der Waals surface area contributed by atoms with E-state index in [1.165, 1.54) is 0 Å². The number of aryl methyl sites for hydroxylation is 3. The zero-order valence-corrected chi connectivity index (χ0v) is 18.8. The minimum atomic E-state index is -0.388. The van der Waals surface area contributed by atoms with Gasteiger partial charge in [-0.2, -0.15) is 0 Å². The van der Waals surface area contributed by atoms with Gasteiger partial charge in [-0.25, -0.2) is 9.67 Å². The van der Waals surface area contributed by atoms with E-state index in [1.54, 1.807) is 22.9 Å². The highest BCUT2D eigenvalue weighted by Crippen LogP contribution is 2.28. The number of aromatic nitrogens is 3. The summed E-state index contributed by atoms with van der Waals surface area (Å²) in [6.07, 6.45) is 0. The molecule has 1 aromatic heterocycles. The minimum Gasteiger partial charge on any atom is -0.319 e. The van der Waals surface area contributed by atoms with Gasteiger partial charge in [0.1, 0.15) is 0 Å². The monoisotopic (exact) mass is 450 g/mol. The number of nitrogens with one attached hydrogen (secondary N) is 1. The molecule has 156 valence electrons. The zero-order valence-electron chi connectivity index (χ0n) is 17.3. The van der Waals surface area contributed by atoms with E-state index in [0.717, 1.165) is 27.9 Å². The first kappa shape index (κ1) is 21.1. The standard InChI is InChI=1S/C24H20Cl2N4O/c1-14-5-8-17(9-6-14)23-28-22(24(31)27-21-12-15(2)4-7-16(21)3)29-30(23)18-10-11-19(25)20(26)13-18/h4-13H,1-3H3,(H,27,31). The molecule has 0 aliphatic carbocycles. The lowest BCUT2D eigenvalue weighted by atomic mass is 10.1. The van der Waals surface area contributed by atoms with Gasteiger partial charge in [0, 0.05) is 11.3 Å². The normalized spacial score (nSPS) is 10.9. The molecule has 4 aromatic rings. The highest BCUT2D eigenvalue weighted by Gasteiger charge is 2.20. The van der Waals surface area contributed by atoms with E-state index >= 15 is 0 Å². The van der Waals surface area contributed by atoms with E-state index in [0.29, 0.717) is 21.6 Å². The Morgan fingerprint density at radius 1 is 0.871 bits per heavy atom. The molecule has 0 aliphatic rings. The zero-order chi connectivity index (χ0) is 22.1. The van der Waals surface area contributed by atoms with Crippen molar-refractivity contribution in [2.75, 3.05) is 5.32 Å². The van der Waals surface area contributed by atoms with Crippen LogP contribution in [0.4, 0.5) is 5.69 Å². The van der Waals surface area contributed by atoms with Crippen LogP contribution in [0.1, 0.15) is 27.3 Å². The highest BCUT2D eigenvalue weighted by molar-refractivity contribution is 6.42. The molecule has 0 aliphatic heterocycles. The van der Waals surface area contributed by atoms with Crippen molar-refractivity contribution >= 4 is 34.8 Å². The van der Waals surface area contributed by atoms with Gasteiger partial charge >= 0.3 is 0 Å². The van der Waals surface area contributed by atoms with E-state index in [4.69, 9.17) is 23.2 Å². The molecule has 0 saturated heterocycles. The predicted molar refractivity (Wildman–Crippen MR) is 125 cm³/mol.